The smallest absolute Gasteiger partial charge is 0.196 e. The minimum absolute atomic E-state index is 0.763. The average Bonchev–Trinajstić information content (AvgIpc) is 3.35. The van der Waals surface area contributed by atoms with Crippen molar-refractivity contribution in [2.45, 2.75) is 12.8 Å². The zero-order valence-corrected chi connectivity index (χ0v) is 14.1. The summed E-state index contributed by atoms with van der Waals surface area (Å²) in [5.41, 5.74) is 2.02. The summed E-state index contributed by atoms with van der Waals surface area (Å²) < 4.78 is 5.94. The molecule has 4 nitrogen and oxygen atoms in total. The van der Waals surface area contributed by atoms with Gasteiger partial charge in [0, 0.05) is 19.2 Å². The molecular formula is C21H21N3O. The highest BCUT2D eigenvalue weighted by Gasteiger charge is 2.15. The van der Waals surface area contributed by atoms with E-state index < -0.39 is 0 Å². The SMILES string of the molecule is C(=N/N(c1ccccc1)c1ccccc1)/c1ccc(N2CCCC2)o1. The van der Waals surface area contributed by atoms with E-state index in [0.717, 1.165) is 36.1 Å². The van der Waals surface area contributed by atoms with Crippen molar-refractivity contribution in [1.29, 1.82) is 0 Å². The van der Waals surface area contributed by atoms with Crippen LogP contribution in [0.5, 0.6) is 0 Å². The van der Waals surface area contributed by atoms with Crippen LogP contribution in [-0.2, 0) is 0 Å². The quantitative estimate of drug-likeness (QED) is 0.484. The molecule has 0 saturated carbocycles. The highest BCUT2D eigenvalue weighted by Crippen LogP contribution is 2.26. The minimum Gasteiger partial charge on any atom is -0.440 e. The van der Waals surface area contributed by atoms with Crippen LogP contribution in [0.15, 0.2) is 82.3 Å². The lowest BCUT2D eigenvalue weighted by molar-refractivity contribution is 0.550. The van der Waals surface area contributed by atoms with Gasteiger partial charge in [-0.05, 0) is 43.2 Å². The average molecular weight is 331 g/mol. The van der Waals surface area contributed by atoms with E-state index in [2.05, 4.69) is 10.0 Å². The Kier molecular flexibility index (Phi) is 4.51. The number of nitrogens with zero attached hydrogens (tertiary/aromatic N) is 3. The molecule has 0 aliphatic carbocycles. The van der Waals surface area contributed by atoms with E-state index in [1.54, 1.807) is 6.21 Å². The summed E-state index contributed by atoms with van der Waals surface area (Å²) >= 11 is 0. The monoisotopic (exact) mass is 331 g/mol. The standard InChI is InChI=1S/C21H21N3O/c1-3-9-18(10-4-1)24(19-11-5-2-6-12-19)22-17-20-13-14-21(25-20)23-15-7-8-16-23/h1-6,9-14,17H,7-8,15-16H2/b22-17-. The number of hydrazone groups is 1. The summed E-state index contributed by atoms with van der Waals surface area (Å²) in [4.78, 5) is 2.28. The van der Waals surface area contributed by atoms with Gasteiger partial charge in [0.15, 0.2) is 5.88 Å². The lowest BCUT2D eigenvalue weighted by Gasteiger charge is -2.18. The molecule has 1 aromatic heterocycles. The molecule has 126 valence electrons. The van der Waals surface area contributed by atoms with Crippen LogP contribution in [0.4, 0.5) is 17.3 Å². The Bertz CT molecular complexity index is 781. The fourth-order valence-corrected chi connectivity index (χ4v) is 3.05. The highest BCUT2D eigenvalue weighted by atomic mass is 16.4. The van der Waals surface area contributed by atoms with E-state index in [-0.39, 0.29) is 0 Å². The van der Waals surface area contributed by atoms with Gasteiger partial charge in [-0.25, -0.2) is 5.01 Å². The Morgan fingerprint density at radius 2 is 1.40 bits per heavy atom. The zero-order chi connectivity index (χ0) is 16.9. The molecule has 3 aromatic rings. The van der Waals surface area contributed by atoms with Crippen molar-refractivity contribution in [2.24, 2.45) is 5.10 Å². The van der Waals surface area contributed by atoms with E-state index in [9.17, 15) is 0 Å². The van der Waals surface area contributed by atoms with Crippen LogP contribution >= 0.6 is 0 Å². The van der Waals surface area contributed by atoms with E-state index in [1.165, 1.54) is 12.8 Å². The molecule has 25 heavy (non-hydrogen) atoms. The molecule has 0 atom stereocenters. The summed E-state index contributed by atoms with van der Waals surface area (Å²) in [7, 11) is 0. The first-order valence-corrected chi connectivity index (χ1v) is 8.69. The van der Waals surface area contributed by atoms with Gasteiger partial charge in [0.2, 0.25) is 0 Å². The molecule has 2 heterocycles. The van der Waals surface area contributed by atoms with Crippen LogP contribution in [0.2, 0.25) is 0 Å². The first-order chi connectivity index (χ1) is 12.4. The molecule has 0 unspecified atom stereocenters. The molecule has 1 aliphatic rings. The summed E-state index contributed by atoms with van der Waals surface area (Å²) in [6.45, 7) is 2.15. The lowest BCUT2D eigenvalue weighted by atomic mass is 10.2. The maximum atomic E-state index is 5.94. The Morgan fingerprint density at radius 1 is 0.800 bits per heavy atom. The second-order valence-corrected chi connectivity index (χ2v) is 6.10. The Labute approximate surface area is 148 Å². The van der Waals surface area contributed by atoms with Gasteiger partial charge < -0.3 is 9.32 Å². The molecule has 0 radical (unpaired) electrons. The summed E-state index contributed by atoms with van der Waals surface area (Å²) in [5, 5.41) is 6.59. The van der Waals surface area contributed by atoms with Crippen molar-refractivity contribution in [3.05, 3.63) is 78.6 Å². The lowest BCUT2D eigenvalue weighted by Crippen LogP contribution is -2.16. The van der Waals surface area contributed by atoms with Crippen LogP contribution < -0.4 is 9.91 Å². The first kappa shape index (κ1) is 15.5. The number of rotatable bonds is 5. The van der Waals surface area contributed by atoms with Crippen molar-refractivity contribution in [3.63, 3.8) is 0 Å². The van der Waals surface area contributed by atoms with Crippen LogP contribution in [0, 0.1) is 0 Å². The predicted molar refractivity (Wildman–Crippen MR) is 103 cm³/mol. The van der Waals surface area contributed by atoms with Gasteiger partial charge in [-0.1, -0.05) is 36.4 Å². The van der Waals surface area contributed by atoms with Crippen LogP contribution in [0.1, 0.15) is 18.6 Å². The molecule has 1 fully saturated rings. The fraction of sp³-hybridized carbons (Fsp3) is 0.190. The minimum atomic E-state index is 0.763. The van der Waals surface area contributed by atoms with Gasteiger partial charge in [-0.15, -0.1) is 0 Å². The predicted octanol–water partition coefficient (Wildman–Crippen LogP) is 5.05. The van der Waals surface area contributed by atoms with Crippen LogP contribution in [-0.4, -0.2) is 19.3 Å². The van der Waals surface area contributed by atoms with E-state index in [1.807, 2.05) is 77.8 Å². The van der Waals surface area contributed by atoms with E-state index in [0.29, 0.717) is 0 Å². The van der Waals surface area contributed by atoms with E-state index >= 15 is 0 Å². The van der Waals surface area contributed by atoms with Crippen molar-refractivity contribution >= 4 is 23.5 Å². The van der Waals surface area contributed by atoms with Crippen LogP contribution in [0.3, 0.4) is 0 Å². The number of benzene rings is 2. The molecule has 1 aliphatic heterocycles. The third-order valence-corrected chi connectivity index (χ3v) is 4.33. The normalized spacial score (nSPS) is 14.3. The zero-order valence-electron chi connectivity index (χ0n) is 14.1. The molecule has 1 saturated heterocycles. The van der Waals surface area contributed by atoms with Gasteiger partial charge in [0.1, 0.15) is 5.76 Å². The molecular weight excluding hydrogens is 310 g/mol. The van der Waals surface area contributed by atoms with Crippen molar-refractivity contribution < 1.29 is 4.42 Å². The van der Waals surface area contributed by atoms with Gasteiger partial charge in [0.05, 0.1) is 17.6 Å². The molecule has 0 N–H and O–H groups in total. The summed E-state index contributed by atoms with van der Waals surface area (Å²) in [6, 6.07) is 24.2. The molecule has 0 amide bonds. The molecule has 0 spiro atoms. The van der Waals surface area contributed by atoms with Crippen molar-refractivity contribution in [1.82, 2.24) is 0 Å². The molecule has 0 bridgehead atoms. The Balaban J connectivity index is 1.59. The van der Waals surface area contributed by atoms with Crippen molar-refractivity contribution in [2.75, 3.05) is 23.0 Å². The Morgan fingerprint density at radius 3 is 2.00 bits per heavy atom. The van der Waals surface area contributed by atoms with E-state index in [4.69, 9.17) is 4.42 Å². The highest BCUT2D eigenvalue weighted by molar-refractivity contribution is 5.79. The third kappa shape index (κ3) is 3.58. The van der Waals surface area contributed by atoms with Gasteiger partial charge in [-0.2, -0.15) is 5.10 Å². The maximum Gasteiger partial charge on any atom is 0.196 e. The number of anilines is 3. The second-order valence-electron chi connectivity index (χ2n) is 6.10. The first-order valence-electron chi connectivity index (χ1n) is 8.69. The second kappa shape index (κ2) is 7.26. The number of furan rings is 1. The topological polar surface area (TPSA) is 32.0 Å². The number of para-hydroxylation sites is 2. The van der Waals surface area contributed by atoms with Gasteiger partial charge in [0.25, 0.3) is 0 Å². The largest absolute Gasteiger partial charge is 0.440 e. The number of hydrogen-bond donors (Lipinski definition) is 0. The van der Waals surface area contributed by atoms with Crippen LogP contribution in [0.25, 0.3) is 0 Å². The van der Waals surface area contributed by atoms with Gasteiger partial charge in [-0.3, -0.25) is 0 Å². The van der Waals surface area contributed by atoms with Gasteiger partial charge >= 0.3 is 0 Å². The fourth-order valence-electron chi connectivity index (χ4n) is 3.05. The molecule has 4 heteroatoms. The summed E-state index contributed by atoms with van der Waals surface area (Å²) in [6.07, 6.45) is 4.25. The molecule has 4 rings (SSSR count). The number of hydrogen-bond acceptors (Lipinski definition) is 4. The third-order valence-electron chi connectivity index (χ3n) is 4.33. The Hall–Kier alpha value is -3.01. The maximum absolute atomic E-state index is 5.94. The summed E-state index contributed by atoms with van der Waals surface area (Å²) in [5.74, 6) is 1.70. The molecule has 2 aromatic carbocycles. The van der Waals surface area contributed by atoms with Crippen molar-refractivity contribution in [3.8, 4) is 0 Å².